The first-order chi connectivity index (χ1) is 9.88. The van der Waals surface area contributed by atoms with Gasteiger partial charge in [-0.15, -0.1) is 0 Å². The van der Waals surface area contributed by atoms with E-state index in [1.54, 1.807) is 12.1 Å². The first-order valence-corrected chi connectivity index (χ1v) is 13.9. The van der Waals surface area contributed by atoms with Crippen LogP contribution < -0.4 is 5.19 Å². The third-order valence-electron chi connectivity index (χ3n) is 3.84. The van der Waals surface area contributed by atoms with E-state index in [1.807, 2.05) is 0 Å². The molecule has 0 aliphatic rings. The van der Waals surface area contributed by atoms with Gasteiger partial charge in [0.2, 0.25) is 0 Å². The predicted octanol–water partition coefficient (Wildman–Crippen LogP) is 4.88. The summed E-state index contributed by atoms with van der Waals surface area (Å²) in [5.41, 5.74) is 0. The summed E-state index contributed by atoms with van der Waals surface area (Å²) >= 11 is 0. The average Bonchev–Trinajstić information content (AvgIpc) is 2.41. The number of carbonyl (C=O) groups is 1. The maximum Gasteiger partial charge on any atom is 0.129 e. The highest BCUT2D eigenvalue weighted by molar-refractivity contribution is 6.76. The molecule has 1 radical (unpaired) electrons. The second-order valence-electron chi connectivity index (χ2n) is 7.29. The van der Waals surface area contributed by atoms with E-state index in [9.17, 15) is 4.79 Å². The minimum atomic E-state index is -0.906. The minimum Gasteiger partial charge on any atom is -0.300 e. The lowest BCUT2D eigenvalue weighted by Crippen LogP contribution is -2.30. The fraction of sp³-hybridized carbons (Fsp3) is 0.611. The van der Waals surface area contributed by atoms with E-state index in [0.717, 1.165) is 12.8 Å². The molecule has 0 spiro atoms. The Balaban J connectivity index is 2.48. The van der Waals surface area contributed by atoms with Crippen LogP contribution in [0.25, 0.3) is 0 Å². The molecule has 0 aliphatic carbocycles. The third-order valence-corrected chi connectivity index (χ3v) is 8.76. The smallest absolute Gasteiger partial charge is 0.129 e. The number of Topliss-reactive ketones (excluding diaryl/α,β-unsaturated/α-hetero) is 1. The molecule has 0 fully saturated rings. The first-order valence-electron chi connectivity index (χ1n) is 8.28. The summed E-state index contributed by atoms with van der Waals surface area (Å²) in [6, 6.07) is 15.3. The van der Waals surface area contributed by atoms with Gasteiger partial charge in [0.05, 0.1) is 8.80 Å². The van der Waals surface area contributed by atoms with Crippen LogP contribution in [0, 0.1) is 0 Å². The van der Waals surface area contributed by atoms with E-state index in [2.05, 4.69) is 50.0 Å². The Hall–Kier alpha value is -0.676. The van der Waals surface area contributed by atoms with Crippen molar-refractivity contribution in [2.24, 2.45) is 0 Å². The van der Waals surface area contributed by atoms with Gasteiger partial charge >= 0.3 is 0 Å². The Labute approximate surface area is 133 Å². The molecule has 1 aromatic rings. The van der Waals surface area contributed by atoms with Gasteiger partial charge in [0.25, 0.3) is 0 Å². The lowest BCUT2D eigenvalue weighted by atomic mass is 10.2. The van der Waals surface area contributed by atoms with Gasteiger partial charge in [-0.2, -0.15) is 0 Å². The minimum absolute atomic E-state index is 0.335. The molecular weight excluding hydrogens is 288 g/mol. The predicted molar refractivity (Wildman–Crippen MR) is 98.7 cm³/mol. The molecule has 0 aromatic heterocycles. The van der Waals surface area contributed by atoms with Crippen LogP contribution in [-0.2, 0) is 4.79 Å². The molecule has 0 saturated heterocycles. The standard InChI is InChI=1S/C18H31OSi2/c1-17(19)11-8-9-14-20(15-10-16-21(2,3)4)18-12-6-5-7-13-18/h5-7,12-13H,8-11,14-16H2,1-4H3. The topological polar surface area (TPSA) is 17.1 Å². The second kappa shape index (κ2) is 9.36. The number of benzene rings is 1. The van der Waals surface area contributed by atoms with E-state index in [1.165, 1.54) is 31.0 Å². The van der Waals surface area contributed by atoms with Crippen molar-refractivity contribution in [2.45, 2.75) is 70.4 Å². The zero-order chi connectivity index (χ0) is 15.7. The fourth-order valence-electron chi connectivity index (χ4n) is 2.63. The molecule has 117 valence electrons. The number of carbonyl (C=O) groups excluding carboxylic acids is 1. The summed E-state index contributed by atoms with van der Waals surface area (Å²) in [6.45, 7) is 9.11. The monoisotopic (exact) mass is 319 g/mol. The molecule has 21 heavy (non-hydrogen) atoms. The van der Waals surface area contributed by atoms with Crippen LogP contribution in [0.4, 0.5) is 0 Å². The number of hydrogen-bond acceptors (Lipinski definition) is 1. The Morgan fingerprint density at radius 3 is 2.19 bits per heavy atom. The van der Waals surface area contributed by atoms with Crippen LogP contribution in [0.15, 0.2) is 30.3 Å². The van der Waals surface area contributed by atoms with E-state index in [-0.39, 0.29) is 0 Å². The lowest BCUT2D eigenvalue weighted by Gasteiger charge is -2.19. The molecular formula is C18H31OSi2. The van der Waals surface area contributed by atoms with Gasteiger partial charge in [-0.1, -0.05) is 86.1 Å². The maximum absolute atomic E-state index is 11.1. The molecule has 0 amide bonds. The zero-order valence-corrected chi connectivity index (χ0v) is 16.2. The molecule has 0 unspecified atom stereocenters. The Bertz CT molecular complexity index is 409. The molecule has 0 heterocycles. The van der Waals surface area contributed by atoms with Crippen molar-refractivity contribution in [2.75, 3.05) is 0 Å². The number of rotatable bonds is 10. The zero-order valence-electron chi connectivity index (χ0n) is 14.2. The van der Waals surface area contributed by atoms with E-state index in [4.69, 9.17) is 0 Å². The van der Waals surface area contributed by atoms with Crippen molar-refractivity contribution >= 4 is 27.8 Å². The maximum atomic E-state index is 11.1. The number of ketones is 1. The van der Waals surface area contributed by atoms with Crippen LogP contribution in [-0.4, -0.2) is 22.7 Å². The highest BCUT2D eigenvalue weighted by Gasteiger charge is 2.17. The average molecular weight is 320 g/mol. The van der Waals surface area contributed by atoms with Crippen molar-refractivity contribution in [3.8, 4) is 0 Å². The largest absolute Gasteiger partial charge is 0.300 e. The lowest BCUT2D eigenvalue weighted by molar-refractivity contribution is -0.117. The van der Waals surface area contributed by atoms with Crippen molar-refractivity contribution < 1.29 is 4.79 Å². The number of unbranched alkanes of at least 4 members (excludes halogenated alkanes) is 1. The van der Waals surface area contributed by atoms with Crippen LogP contribution in [0.5, 0.6) is 0 Å². The SMILES string of the molecule is CC(=O)CCCC[Si](CCC[Si](C)(C)C)c1ccccc1. The fourth-order valence-corrected chi connectivity index (χ4v) is 6.99. The van der Waals surface area contributed by atoms with Crippen LogP contribution >= 0.6 is 0 Å². The van der Waals surface area contributed by atoms with Gasteiger partial charge in [0.1, 0.15) is 5.78 Å². The Kier molecular flexibility index (Phi) is 8.19. The van der Waals surface area contributed by atoms with Gasteiger partial charge in [0.15, 0.2) is 0 Å². The van der Waals surface area contributed by atoms with Gasteiger partial charge in [-0.05, 0) is 13.3 Å². The van der Waals surface area contributed by atoms with E-state index >= 15 is 0 Å². The molecule has 0 bridgehead atoms. The molecule has 0 N–H and O–H groups in total. The molecule has 0 atom stereocenters. The molecule has 1 nitrogen and oxygen atoms in total. The summed E-state index contributed by atoms with van der Waals surface area (Å²) in [5, 5.41) is 1.58. The number of hydrogen-bond donors (Lipinski definition) is 0. The van der Waals surface area contributed by atoms with E-state index < -0.39 is 16.9 Å². The van der Waals surface area contributed by atoms with Crippen LogP contribution in [0.1, 0.15) is 32.6 Å². The van der Waals surface area contributed by atoms with Crippen molar-refractivity contribution in [1.82, 2.24) is 0 Å². The summed E-state index contributed by atoms with van der Waals surface area (Å²) in [5.74, 6) is 0.335. The van der Waals surface area contributed by atoms with Gasteiger partial charge in [-0.3, -0.25) is 0 Å². The highest BCUT2D eigenvalue weighted by Crippen LogP contribution is 2.17. The van der Waals surface area contributed by atoms with Gasteiger partial charge in [-0.25, -0.2) is 0 Å². The quantitative estimate of drug-likeness (QED) is 0.444. The Morgan fingerprint density at radius 1 is 1.00 bits per heavy atom. The van der Waals surface area contributed by atoms with Crippen LogP contribution in [0.3, 0.4) is 0 Å². The third kappa shape index (κ3) is 9.04. The van der Waals surface area contributed by atoms with Crippen molar-refractivity contribution in [1.29, 1.82) is 0 Å². The van der Waals surface area contributed by atoms with Crippen molar-refractivity contribution in [3.05, 3.63) is 30.3 Å². The summed E-state index contributed by atoms with van der Waals surface area (Å²) in [6.07, 6.45) is 4.45. The Morgan fingerprint density at radius 2 is 1.62 bits per heavy atom. The summed E-state index contributed by atoms with van der Waals surface area (Å²) < 4.78 is 0. The summed E-state index contributed by atoms with van der Waals surface area (Å²) in [7, 11) is -1.34. The highest BCUT2D eigenvalue weighted by atomic mass is 28.3. The summed E-state index contributed by atoms with van der Waals surface area (Å²) in [4.78, 5) is 11.1. The second-order valence-corrected chi connectivity index (χ2v) is 15.7. The molecule has 0 aliphatic heterocycles. The molecule has 3 heteroatoms. The van der Waals surface area contributed by atoms with E-state index in [0.29, 0.717) is 5.78 Å². The normalized spacial score (nSPS) is 11.9. The van der Waals surface area contributed by atoms with Crippen molar-refractivity contribution in [3.63, 3.8) is 0 Å². The van der Waals surface area contributed by atoms with Crippen LogP contribution in [0.2, 0.25) is 37.8 Å². The first kappa shape index (κ1) is 18.4. The molecule has 1 aromatic carbocycles. The van der Waals surface area contributed by atoms with Gasteiger partial charge < -0.3 is 4.79 Å². The molecule has 0 saturated carbocycles. The van der Waals surface area contributed by atoms with Gasteiger partial charge in [0, 0.05) is 14.5 Å². The molecule has 1 rings (SSSR count).